The molecule has 2 heterocycles. The number of fused-ring (bicyclic) bond motifs is 3. The molecule has 0 aliphatic rings. The number of hydrogen-bond acceptors (Lipinski definition) is 3. The molecule has 0 spiro atoms. The quantitative estimate of drug-likeness (QED) is 0.425. The van der Waals surface area contributed by atoms with Gasteiger partial charge in [0, 0.05) is 5.39 Å². The maximum atomic E-state index is 5.24. The lowest BCUT2D eigenvalue weighted by Gasteiger charge is -2.02. The van der Waals surface area contributed by atoms with Crippen molar-refractivity contribution in [2.45, 2.75) is 12.1 Å². The van der Waals surface area contributed by atoms with Gasteiger partial charge in [-0.25, -0.2) is 4.40 Å². The summed E-state index contributed by atoms with van der Waals surface area (Å²) in [6.07, 6.45) is 0. The van der Waals surface area contributed by atoms with Gasteiger partial charge >= 0.3 is 5.78 Å². The van der Waals surface area contributed by atoms with Crippen LogP contribution in [-0.4, -0.2) is 14.8 Å². The summed E-state index contributed by atoms with van der Waals surface area (Å²) in [6.45, 7) is 2.00. The van der Waals surface area contributed by atoms with Crippen LogP contribution in [0.1, 0.15) is 5.69 Å². The third kappa shape index (κ3) is 1.12. The molecule has 2 aromatic heterocycles. The van der Waals surface area contributed by atoms with Crippen molar-refractivity contribution in [1.29, 1.82) is 0 Å². The summed E-state index contributed by atoms with van der Waals surface area (Å²) in [7, 11) is 1.85. The highest BCUT2D eigenvalue weighted by atomic mass is 32.1. The molecular formula is C11H10N4S. The molecule has 0 bridgehead atoms. The van der Waals surface area contributed by atoms with E-state index in [-0.39, 0.29) is 0 Å². The van der Waals surface area contributed by atoms with Crippen LogP contribution in [0.2, 0.25) is 0 Å². The molecule has 0 aliphatic heterocycles. The van der Waals surface area contributed by atoms with E-state index in [1.165, 1.54) is 0 Å². The first-order valence-corrected chi connectivity index (χ1v) is 5.40. The minimum absolute atomic E-state index is 0.543. The summed E-state index contributed by atoms with van der Waals surface area (Å²) in [6, 6.07) is 8.08. The Morgan fingerprint density at radius 3 is 2.88 bits per heavy atom. The molecule has 80 valence electrons. The Hall–Kier alpha value is -1.75. The van der Waals surface area contributed by atoms with Gasteiger partial charge in [0.25, 0.3) is 0 Å². The Morgan fingerprint density at radius 2 is 2.06 bits per heavy atom. The van der Waals surface area contributed by atoms with E-state index in [2.05, 4.69) is 10.1 Å². The Kier molecular flexibility index (Phi) is 1.85. The Balaban J connectivity index is 2.67. The largest absolute Gasteiger partial charge is 0.712 e. The van der Waals surface area contributed by atoms with Gasteiger partial charge in [0.2, 0.25) is 0 Å². The van der Waals surface area contributed by atoms with Gasteiger partial charge in [-0.1, -0.05) is 12.1 Å². The minimum Gasteiger partial charge on any atom is -0.712 e. The summed E-state index contributed by atoms with van der Waals surface area (Å²) >= 11 is 5.24. The fourth-order valence-electron chi connectivity index (χ4n) is 1.97. The van der Waals surface area contributed by atoms with Crippen LogP contribution in [0.5, 0.6) is 0 Å². The monoisotopic (exact) mass is 230 g/mol. The van der Waals surface area contributed by atoms with Gasteiger partial charge < -0.3 is 12.6 Å². The Morgan fingerprint density at radius 1 is 1.31 bits per heavy atom. The number of aromatic nitrogens is 4. The molecule has 0 atom stereocenters. The SMILES string of the molecule is Cc1nc2n(C)nc([S-])[n+]2c2ccccc12. The lowest BCUT2D eigenvalue weighted by atomic mass is 10.2. The van der Waals surface area contributed by atoms with E-state index in [4.69, 9.17) is 12.6 Å². The molecule has 0 saturated heterocycles. The van der Waals surface area contributed by atoms with E-state index >= 15 is 0 Å². The second-order valence-electron chi connectivity index (χ2n) is 3.76. The second kappa shape index (κ2) is 3.12. The molecule has 4 nitrogen and oxygen atoms in total. The van der Waals surface area contributed by atoms with Gasteiger partial charge in [-0.15, -0.1) is 9.67 Å². The molecule has 5 heteroatoms. The van der Waals surface area contributed by atoms with Gasteiger partial charge in [0.1, 0.15) is 16.4 Å². The van der Waals surface area contributed by atoms with Crippen molar-refractivity contribution >= 4 is 29.3 Å². The zero-order valence-electron chi connectivity index (χ0n) is 9.01. The Labute approximate surface area is 98.0 Å². The summed E-state index contributed by atoms with van der Waals surface area (Å²) in [5.41, 5.74) is 2.05. The van der Waals surface area contributed by atoms with Gasteiger partial charge in [-0.2, -0.15) is 0 Å². The maximum Gasteiger partial charge on any atom is 0.385 e. The average Bonchev–Trinajstić information content (AvgIpc) is 2.55. The molecule has 0 saturated carbocycles. The number of hydrogen-bond donors (Lipinski definition) is 0. The Bertz CT molecular complexity index is 702. The number of para-hydroxylation sites is 1. The van der Waals surface area contributed by atoms with Gasteiger partial charge in [0.15, 0.2) is 0 Å². The van der Waals surface area contributed by atoms with E-state index in [0.29, 0.717) is 5.16 Å². The van der Waals surface area contributed by atoms with Crippen LogP contribution in [0.3, 0.4) is 0 Å². The lowest BCUT2D eigenvalue weighted by Crippen LogP contribution is -2.26. The van der Waals surface area contributed by atoms with Gasteiger partial charge in [0.05, 0.1) is 7.05 Å². The van der Waals surface area contributed by atoms with Gasteiger partial charge in [-0.05, 0) is 24.2 Å². The first kappa shape index (κ1) is 9.47. The first-order valence-electron chi connectivity index (χ1n) is 4.99. The van der Waals surface area contributed by atoms with Gasteiger partial charge in [-0.3, -0.25) is 0 Å². The van der Waals surface area contributed by atoms with Crippen molar-refractivity contribution in [2.75, 3.05) is 0 Å². The highest BCUT2D eigenvalue weighted by molar-refractivity contribution is 7.58. The number of aryl methyl sites for hydroxylation is 2. The van der Waals surface area contributed by atoms with E-state index in [9.17, 15) is 0 Å². The highest BCUT2D eigenvalue weighted by Gasteiger charge is 2.15. The molecule has 0 radical (unpaired) electrons. The number of benzene rings is 1. The molecule has 16 heavy (non-hydrogen) atoms. The van der Waals surface area contributed by atoms with Crippen LogP contribution < -0.4 is 4.40 Å². The van der Waals surface area contributed by atoms with E-state index in [0.717, 1.165) is 22.4 Å². The summed E-state index contributed by atoms with van der Waals surface area (Å²) in [4.78, 5) is 4.52. The average molecular weight is 230 g/mol. The second-order valence-corrected chi connectivity index (χ2v) is 4.12. The first-order chi connectivity index (χ1) is 7.68. The molecule has 1 aromatic carbocycles. The zero-order chi connectivity index (χ0) is 11.3. The van der Waals surface area contributed by atoms with Crippen molar-refractivity contribution in [3.8, 4) is 0 Å². The van der Waals surface area contributed by atoms with Crippen LogP contribution in [0.15, 0.2) is 29.4 Å². The van der Waals surface area contributed by atoms with E-state index in [1.54, 1.807) is 4.68 Å². The smallest absolute Gasteiger partial charge is 0.385 e. The van der Waals surface area contributed by atoms with Crippen molar-refractivity contribution in [1.82, 2.24) is 14.8 Å². The molecule has 3 rings (SSSR count). The number of nitrogens with zero attached hydrogens (tertiary/aromatic N) is 4. The summed E-state index contributed by atoms with van der Waals surface area (Å²) in [5.74, 6) is 0.779. The van der Waals surface area contributed by atoms with Crippen LogP contribution in [0.25, 0.3) is 16.7 Å². The molecule has 0 amide bonds. The third-order valence-electron chi connectivity index (χ3n) is 2.72. The predicted octanol–water partition coefficient (Wildman–Crippen LogP) is 0.921. The van der Waals surface area contributed by atoms with Crippen LogP contribution in [0, 0.1) is 6.92 Å². The normalized spacial score (nSPS) is 11.4. The summed E-state index contributed by atoms with van der Waals surface area (Å²) < 4.78 is 3.61. The van der Waals surface area contributed by atoms with Crippen LogP contribution in [0.4, 0.5) is 0 Å². The van der Waals surface area contributed by atoms with Crippen molar-refractivity contribution in [2.24, 2.45) is 7.05 Å². The fourth-order valence-corrected chi connectivity index (χ4v) is 2.27. The third-order valence-corrected chi connectivity index (χ3v) is 2.98. The molecule has 0 aliphatic carbocycles. The molecule has 0 fully saturated rings. The number of rotatable bonds is 0. The predicted molar refractivity (Wildman–Crippen MR) is 62.0 cm³/mol. The van der Waals surface area contributed by atoms with Crippen molar-refractivity contribution < 1.29 is 4.40 Å². The molecular weight excluding hydrogens is 220 g/mol. The minimum atomic E-state index is 0.543. The van der Waals surface area contributed by atoms with Crippen molar-refractivity contribution in [3.63, 3.8) is 0 Å². The molecule has 0 N–H and O–H groups in total. The highest BCUT2D eigenvalue weighted by Crippen LogP contribution is 2.14. The van der Waals surface area contributed by atoms with Crippen molar-refractivity contribution in [3.05, 3.63) is 30.0 Å². The lowest BCUT2D eigenvalue weighted by molar-refractivity contribution is -0.529. The summed E-state index contributed by atoms with van der Waals surface area (Å²) in [5, 5.41) is 5.87. The molecule has 0 unspecified atom stereocenters. The fraction of sp³-hybridized carbons (Fsp3) is 0.182. The standard InChI is InChI=1S/C11H10N4S/c1-7-8-5-3-4-6-9(8)15-10(12-7)14(2)13-11(15)16/h3-6H,1-2H3. The van der Waals surface area contributed by atoms with E-state index in [1.807, 2.05) is 42.6 Å². The van der Waals surface area contributed by atoms with Crippen LogP contribution in [-0.2, 0) is 19.7 Å². The van der Waals surface area contributed by atoms with E-state index < -0.39 is 0 Å². The molecule has 3 aromatic rings. The zero-order valence-corrected chi connectivity index (χ0v) is 9.82. The maximum absolute atomic E-state index is 5.24. The topological polar surface area (TPSA) is 34.8 Å². The van der Waals surface area contributed by atoms with Crippen LogP contribution >= 0.6 is 0 Å².